The average Bonchev–Trinajstić information content (AvgIpc) is 3.35. The van der Waals surface area contributed by atoms with E-state index in [-0.39, 0.29) is 6.04 Å². The number of nitrogens with one attached hydrogen (secondary N) is 1. The van der Waals surface area contributed by atoms with Crippen LogP contribution in [0.15, 0.2) is 24.3 Å². The van der Waals surface area contributed by atoms with Crippen molar-refractivity contribution in [1.82, 2.24) is 14.9 Å². The molecule has 2 aliphatic carbocycles. The van der Waals surface area contributed by atoms with Crippen LogP contribution in [0.3, 0.4) is 0 Å². The molecular formula is C19H23N3O. The molecule has 1 saturated heterocycles. The number of amides is 1. The molecule has 2 saturated carbocycles. The minimum absolute atomic E-state index is 0.147. The number of carbonyl (C=O) groups excluding carboxylic acids is 1. The number of carbonyl (C=O) groups is 1. The lowest BCUT2D eigenvalue weighted by Gasteiger charge is -2.30. The number of H-pyrrole nitrogens is 1. The third-order valence-electron chi connectivity index (χ3n) is 6.31. The molecule has 0 radical (unpaired) electrons. The number of hydrogen-bond acceptors (Lipinski definition) is 2. The SMILES string of the molecule is O=C([C@@H]1C[C@H]2CC[C@@H]1C2)N1CCC[C@@H]1c1nc2ccccc2[nH]1. The van der Waals surface area contributed by atoms with Crippen LogP contribution in [-0.2, 0) is 4.79 Å². The van der Waals surface area contributed by atoms with Gasteiger partial charge in [0.2, 0.25) is 5.91 Å². The van der Waals surface area contributed by atoms with Gasteiger partial charge in [-0.1, -0.05) is 18.6 Å². The first kappa shape index (κ1) is 13.6. The highest BCUT2D eigenvalue weighted by Gasteiger charge is 2.46. The maximum absolute atomic E-state index is 13.1. The fourth-order valence-corrected chi connectivity index (χ4v) is 5.21. The maximum atomic E-state index is 13.1. The van der Waals surface area contributed by atoms with Crippen LogP contribution >= 0.6 is 0 Å². The van der Waals surface area contributed by atoms with Gasteiger partial charge in [-0.05, 0) is 56.1 Å². The van der Waals surface area contributed by atoms with Gasteiger partial charge in [-0.3, -0.25) is 4.79 Å². The molecule has 4 atom stereocenters. The Morgan fingerprint density at radius 3 is 2.87 bits per heavy atom. The molecule has 23 heavy (non-hydrogen) atoms. The average molecular weight is 309 g/mol. The Hall–Kier alpha value is -1.84. The number of benzene rings is 1. The van der Waals surface area contributed by atoms with E-state index in [1.807, 2.05) is 18.2 Å². The normalized spacial score (nSPS) is 33.0. The third kappa shape index (κ3) is 2.11. The van der Waals surface area contributed by atoms with Gasteiger partial charge in [0.1, 0.15) is 5.82 Å². The van der Waals surface area contributed by atoms with Crippen LogP contribution in [0.1, 0.15) is 50.4 Å². The Labute approximate surface area is 136 Å². The Balaban J connectivity index is 1.42. The van der Waals surface area contributed by atoms with Crippen molar-refractivity contribution in [2.45, 2.75) is 44.6 Å². The smallest absolute Gasteiger partial charge is 0.226 e. The summed E-state index contributed by atoms with van der Waals surface area (Å²) < 4.78 is 0. The van der Waals surface area contributed by atoms with Crippen molar-refractivity contribution in [2.24, 2.45) is 17.8 Å². The molecule has 5 rings (SSSR count). The second-order valence-electron chi connectivity index (χ2n) is 7.61. The summed E-state index contributed by atoms with van der Waals surface area (Å²) in [4.78, 5) is 23.4. The van der Waals surface area contributed by atoms with Gasteiger partial charge in [0.15, 0.2) is 0 Å². The van der Waals surface area contributed by atoms with Crippen molar-refractivity contribution in [2.75, 3.05) is 6.54 Å². The molecule has 1 aromatic carbocycles. The summed E-state index contributed by atoms with van der Waals surface area (Å²) in [5, 5.41) is 0. The zero-order valence-electron chi connectivity index (χ0n) is 13.4. The standard InChI is InChI=1S/C19H23N3O/c23-19(14-11-12-7-8-13(14)10-12)22-9-3-6-17(22)18-20-15-4-1-2-5-16(15)21-18/h1-2,4-5,12-14,17H,3,6-11H2,(H,20,21)/t12-,13+,14+,17+/m0/s1. The van der Waals surface area contributed by atoms with E-state index in [0.29, 0.717) is 17.7 Å². The number of imidazole rings is 1. The first-order valence-corrected chi connectivity index (χ1v) is 9.05. The summed E-state index contributed by atoms with van der Waals surface area (Å²) in [6, 6.07) is 8.28. The zero-order chi connectivity index (χ0) is 15.4. The van der Waals surface area contributed by atoms with Crippen LogP contribution in [0.5, 0.6) is 0 Å². The maximum Gasteiger partial charge on any atom is 0.226 e. The summed E-state index contributed by atoms with van der Waals surface area (Å²) in [6.07, 6.45) is 7.17. The number of aromatic amines is 1. The third-order valence-corrected chi connectivity index (χ3v) is 6.31. The van der Waals surface area contributed by atoms with Crippen molar-refractivity contribution < 1.29 is 4.79 Å². The molecule has 2 heterocycles. The molecule has 0 unspecified atom stereocenters. The lowest BCUT2D eigenvalue weighted by atomic mass is 9.87. The van der Waals surface area contributed by atoms with E-state index in [1.165, 1.54) is 19.3 Å². The molecule has 4 heteroatoms. The van der Waals surface area contributed by atoms with Gasteiger partial charge in [0.25, 0.3) is 0 Å². The van der Waals surface area contributed by atoms with E-state index in [9.17, 15) is 4.79 Å². The largest absolute Gasteiger partial charge is 0.340 e. The van der Waals surface area contributed by atoms with Crippen LogP contribution in [-0.4, -0.2) is 27.3 Å². The first-order valence-electron chi connectivity index (χ1n) is 9.05. The fraction of sp³-hybridized carbons (Fsp3) is 0.579. The molecule has 3 aliphatic rings. The molecule has 3 fully saturated rings. The first-order chi connectivity index (χ1) is 11.3. The van der Waals surface area contributed by atoms with Gasteiger partial charge in [-0.2, -0.15) is 0 Å². The fourth-order valence-electron chi connectivity index (χ4n) is 5.21. The Morgan fingerprint density at radius 2 is 2.09 bits per heavy atom. The van der Waals surface area contributed by atoms with Crippen LogP contribution in [0.4, 0.5) is 0 Å². The van der Waals surface area contributed by atoms with E-state index in [0.717, 1.165) is 48.6 Å². The molecule has 2 aromatic rings. The van der Waals surface area contributed by atoms with Crippen molar-refractivity contribution >= 4 is 16.9 Å². The van der Waals surface area contributed by atoms with Gasteiger partial charge in [0.05, 0.1) is 17.1 Å². The predicted octanol–water partition coefficient (Wildman–Crippen LogP) is 3.66. The lowest BCUT2D eigenvalue weighted by molar-refractivity contribution is -0.138. The molecule has 1 amide bonds. The summed E-state index contributed by atoms with van der Waals surface area (Å²) >= 11 is 0. The van der Waals surface area contributed by atoms with E-state index in [4.69, 9.17) is 4.98 Å². The Bertz CT molecular complexity index is 719. The quantitative estimate of drug-likeness (QED) is 0.920. The van der Waals surface area contributed by atoms with Crippen molar-refractivity contribution in [3.05, 3.63) is 30.1 Å². The number of nitrogens with zero attached hydrogens (tertiary/aromatic N) is 2. The highest BCUT2D eigenvalue weighted by molar-refractivity contribution is 5.81. The topological polar surface area (TPSA) is 49.0 Å². The minimum Gasteiger partial charge on any atom is -0.340 e. The highest BCUT2D eigenvalue weighted by atomic mass is 16.2. The Morgan fingerprint density at radius 1 is 1.17 bits per heavy atom. The second kappa shape index (κ2) is 5.08. The van der Waals surface area contributed by atoms with Gasteiger partial charge >= 0.3 is 0 Å². The number of rotatable bonds is 2. The molecule has 1 aliphatic heterocycles. The van der Waals surface area contributed by atoms with Gasteiger partial charge < -0.3 is 9.88 Å². The van der Waals surface area contributed by atoms with Crippen molar-refractivity contribution in [1.29, 1.82) is 0 Å². The molecule has 4 nitrogen and oxygen atoms in total. The van der Waals surface area contributed by atoms with Gasteiger partial charge in [-0.15, -0.1) is 0 Å². The van der Waals surface area contributed by atoms with Crippen molar-refractivity contribution in [3.63, 3.8) is 0 Å². The molecule has 1 N–H and O–H groups in total. The van der Waals surface area contributed by atoms with Crippen LogP contribution < -0.4 is 0 Å². The minimum atomic E-state index is 0.147. The van der Waals surface area contributed by atoms with Gasteiger partial charge in [0, 0.05) is 12.5 Å². The summed E-state index contributed by atoms with van der Waals surface area (Å²) in [5.41, 5.74) is 2.07. The zero-order valence-corrected chi connectivity index (χ0v) is 13.4. The second-order valence-corrected chi connectivity index (χ2v) is 7.61. The number of hydrogen-bond donors (Lipinski definition) is 1. The summed E-state index contributed by atoms with van der Waals surface area (Å²) in [5.74, 6) is 3.14. The lowest BCUT2D eigenvalue weighted by Crippen LogP contribution is -2.38. The van der Waals surface area contributed by atoms with E-state index >= 15 is 0 Å². The monoisotopic (exact) mass is 309 g/mol. The number of para-hydroxylation sites is 2. The molecule has 120 valence electrons. The van der Waals surface area contributed by atoms with Crippen molar-refractivity contribution in [3.8, 4) is 0 Å². The predicted molar refractivity (Wildman–Crippen MR) is 88.7 cm³/mol. The Kier molecular flexibility index (Phi) is 3.00. The molecule has 2 bridgehead atoms. The van der Waals surface area contributed by atoms with E-state index in [1.54, 1.807) is 0 Å². The van der Waals surface area contributed by atoms with Crippen LogP contribution in [0.2, 0.25) is 0 Å². The summed E-state index contributed by atoms with van der Waals surface area (Å²) in [7, 11) is 0. The van der Waals surface area contributed by atoms with Crippen LogP contribution in [0, 0.1) is 17.8 Å². The number of fused-ring (bicyclic) bond motifs is 3. The summed E-state index contributed by atoms with van der Waals surface area (Å²) in [6.45, 7) is 0.897. The highest BCUT2D eigenvalue weighted by Crippen LogP contribution is 2.50. The molecule has 0 spiro atoms. The molecule has 1 aromatic heterocycles. The van der Waals surface area contributed by atoms with E-state index < -0.39 is 0 Å². The van der Waals surface area contributed by atoms with Gasteiger partial charge in [-0.25, -0.2) is 4.98 Å². The number of likely N-dealkylation sites (tertiary alicyclic amines) is 1. The number of aromatic nitrogens is 2. The molecular weight excluding hydrogens is 286 g/mol. The van der Waals surface area contributed by atoms with E-state index in [2.05, 4.69) is 16.0 Å². The van der Waals surface area contributed by atoms with Crippen LogP contribution in [0.25, 0.3) is 11.0 Å².